The molecule has 0 aliphatic rings. The molecule has 1 unspecified atom stereocenters. The summed E-state index contributed by atoms with van der Waals surface area (Å²) >= 11 is 0. The maximum Gasteiger partial charge on any atom is 0.320 e. The molecule has 0 aromatic heterocycles. The average Bonchev–Trinajstić information content (AvgIpc) is 2.35. The minimum Gasteiger partial charge on any atom is -0.480 e. The van der Waals surface area contributed by atoms with Gasteiger partial charge < -0.3 is 10.4 Å². The van der Waals surface area contributed by atoms with E-state index in [2.05, 4.69) is 5.32 Å². The summed E-state index contributed by atoms with van der Waals surface area (Å²) < 4.78 is 12.7. The van der Waals surface area contributed by atoms with Crippen molar-refractivity contribution in [3.63, 3.8) is 0 Å². The largest absolute Gasteiger partial charge is 0.480 e. The van der Waals surface area contributed by atoms with Crippen molar-refractivity contribution in [1.29, 1.82) is 0 Å². The molecule has 0 spiro atoms. The van der Waals surface area contributed by atoms with Crippen LogP contribution in [-0.2, 0) is 11.2 Å². The van der Waals surface area contributed by atoms with Crippen molar-refractivity contribution in [3.05, 3.63) is 35.6 Å². The number of benzene rings is 1. The maximum atomic E-state index is 12.7. The van der Waals surface area contributed by atoms with Gasteiger partial charge in [-0.3, -0.25) is 4.79 Å². The number of carboxylic acid groups (broad SMARTS) is 1. The molecule has 1 atom stereocenters. The lowest BCUT2D eigenvalue weighted by Gasteiger charge is -2.13. The van der Waals surface area contributed by atoms with Crippen LogP contribution in [0.5, 0.6) is 0 Å². The number of rotatable bonds is 8. The fourth-order valence-corrected chi connectivity index (χ4v) is 1.76. The first-order chi connectivity index (χ1) is 8.63. The third-order valence-electron chi connectivity index (χ3n) is 2.86. The number of halogens is 1. The van der Waals surface area contributed by atoms with Crippen LogP contribution >= 0.6 is 0 Å². The highest BCUT2D eigenvalue weighted by Gasteiger charge is 2.15. The standard InChI is InChI=1S/C14H20FNO2/c1-2-3-4-13(14(17)18)16-10-9-11-5-7-12(15)8-6-11/h5-8,13,16H,2-4,9-10H2,1H3,(H,17,18). The highest BCUT2D eigenvalue weighted by Crippen LogP contribution is 2.04. The third kappa shape index (κ3) is 5.27. The Morgan fingerprint density at radius 1 is 1.39 bits per heavy atom. The molecule has 100 valence electrons. The number of hydrogen-bond acceptors (Lipinski definition) is 2. The molecule has 0 heterocycles. The van der Waals surface area contributed by atoms with Gasteiger partial charge in [0.25, 0.3) is 0 Å². The summed E-state index contributed by atoms with van der Waals surface area (Å²) in [7, 11) is 0. The molecule has 0 saturated carbocycles. The number of aliphatic carboxylic acids is 1. The number of unbranched alkanes of at least 4 members (excludes halogenated alkanes) is 1. The van der Waals surface area contributed by atoms with Gasteiger partial charge in [-0.25, -0.2) is 4.39 Å². The maximum absolute atomic E-state index is 12.7. The summed E-state index contributed by atoms with van der Waals surface area (Å²) in [6.07, 6.45) is 3.25. The van der Waals surface area contributed by atoms with E-state index in [-0.39, 0.29) is 5.82 Å². The van der Waals surface area contributed by atoms with Crippen molar-refractivity contribution in [2.24, 2.45) is 0 Å². The normalized spacial score (nSPS) is 12.3. The second-order valence-electron chi connectivity index (χ2n) is 4.36. The first-order valence-corrected chi connectivity index (χ1v) is 6.34. The van der Waals surface area contributed by atoms with E-state index < -0.39 is 12.0 Å². The zero-order valence-electron chi connectivity index (χ0n) is 10.7. The highest BCUT2D eigenvalue weighted by atomic mass is 19.1. The van der Waals surface area contributed by atoms with Crippen LogP contribution in [0.3, 0.4) is 0 Å². The summed E-state index contributed by atoms with van der Waals surface area (Å²) in [6, 6.07) is 5.80. The van der Waals surface area contributed by atoms with Crippen molar-refractivity contribution in [3.8, 4) is 0 Å². The van der Waals surface area contributed by atoms with Gasteiger partial charge in [0, 0.05) is 0 Å². The molecule has 0 fully saturated rings. The molecule has 0 radical (unpaired) electrons. The van der Waals surface area contributed by atoms with Crippen LogP contribution in [0.2, 0.25) is 0 Å². The first kappa shape index (κ1) is 14.6. The Hall–Kier alpha value is -1.42. The fraction of sp³-hybridized carbons (Fsp3) is 0.500. The molecule has 1 rings (SSSR count). The van der Waals surface area contributed by atoms with Gasteiger partial charge >= 0.3 is 5.97 Å². The zero-order valence-corrected chi connectivity index (χ0v) is 10.7. The van der Waals surface area contributed by atoms with E-state index in [1.54, 1.807) is 12.1 Å². The van der Waals surface area contributed by atoms with Crippen LogP contribution < -0.4 is 5.32 Å². The Balaban J connectivity index is 2.34. The summed E-state index contributed by atoms with van der Waals surface area (Å²) in [5, 5.41) is 12.0. The Labute approximate surface area is 107 Å². The number of carboxylic acids is 1. The molecule has 3 nitrogen and oxygen atoms in total. The van der Waals surface area contributed by atoms with Gasteiger partial charge in [0.2, 0.25) is 0 Å². The monoisotopic (exact) mass is 253 g/mol. The predicted octanol–water partition coefficient (Wildman–Crippen LogP) is 2.60. The molecule has 0 aliphatic carbocycles. The van der Waals surface area contributed by atoms with Crippen molar-refractivity contribution in [1.82, 2.24) is 5.32 Å². The Morgan fingerprint density at radius 3 is 2.61 bits per heavy atom. The molecule has 18 heavy (non-hydrogen) atoms. The molecule has 0 bridgehead atoms. The Morgan fingerprint density at radius 2 is 2.06 bits per heavy atom. The lowest BCUT2D eigenvalue weighted by atomic mass is 10.1. The molecular weight excluding hydrogens is 233 g/mol. The van der Waals surface area contributed by atoms with E-state index in [0.717, 1.165) is 18.4 Å². The summed E-state index contributed by atoms with van der Waals surface area (Å²) in [5.74, 6) is -1.05. The zero-order chi connectivity index (χ0) is 13.4. The smallest absolute Gasteiger partial charge is 0.320 e. The van der Waals surface area contributed by atoms with Crippen LogP contribution in [0.4, 0.5) is 4.39 Å². The lowest BCUT2D eigenvalue weighted by Crippen LogP contribution is -2.37. The fourth-order valence-electron chi connectivity index (χ4n) is 1.76. The van der Waals surface area contributed by atoms with E-state index in [1.165, 1.54) is 12.1 Å². The van der Waals surface area contributed by atoms with E-state index in [0.29, 0.717) is 19.4 Å². The number of carbonyl (C=O) groups is 1. The quantitative estimate of drug-likeness (QED) is 0.748. The van der Waals surface area contributed by atoms with E-state index in [4.69, 9.17) is 5.11 Å². The molecule has 1 aromatic carbocycles. The summed E-state index contributed by atoms with van der Waals surface area (Å²) in [6.45, 7) is 2.63. The summed E-state index contributed by atoms with van der Waals surface area (Å²) in [4.78, 5) is 11.0. The van der Waals surface area contributed by atoms with Crippen molar-refractivity contribution in [2.75, 3.05) is 6.54 Å². The molecule has 1 aromatic rings. The molecule has 0 aliphatic heterocycles. The minimum absolute atomic E-state index is 0.252. The second-order valence-corrected chi connectivity index (χ2v) is 4.36. The van der Waals surface area contributed by atoms with Gasteiger partial charge in [-0.15, -0.1) is 0 Å². The molecule has 4 heteroatoms. The third-order valence-corrected chi connectivity index (χ3v) is 2.86. The van der Waals surface area contributed by atoms with E-state index in [1.807, 2.05) is 6.92 Å². The van der Waals surface area contributed by atoms with Gasteiger partial charge in [-0.1, -0.05) is 31.9 Å². The number of hydrogen-bond donors (Lipinski definition) is 2. The molecule has 0 amide bonds. The van der Waals surface area contributed by atoms with E-state index in [9.17, 15) is 9.18 Å². The molecule has 2 N–H and O–H groups in total. The van der Waals surface area contributed by atoms with E-state index >= 15 is 0 Å². The van der Waals surface area contributed by atoms with Crippen LogP contribution in [0.25, 0.3) is 0 Å². The molecule has 0 saturated heterocycles. The minimum atomic E-state index is -0.803. The van der Waals surface area contributed by atoms with Gasteiger partial charge in [0.1, 0.15) is 11.9 Å². The number of nitrogens with one attached hydrogen (secondary N) is 1. The Kier molecular flexibility index (Phi) is 6.36. The first-order valence-electron chi connectivity index (χ1n) is 6.34. The predicted molar refractivity (Wildman–Crippen MR) is 69.1 cm³/mol. The Bertz CT molecular complexity index is 365. The van der Waals surface area contributed by atoms with Gasteiger partial charge in [0.15, 0.2) is 0 Å². The van der Waals surface area contributed by atoms with Crippen molar-refractivity contribution < 1.29 is 14.3 Å². The SMILES string of the molecule is CCCCC(NCCc1ccc(F)cc1)C(=O)O. The van der Waals surface area contributed by atoms with Crippen LogP contribution in [-0.4, -0.2) is 23.7 Å². The second kappa shape index (κ2) is 7.82. The van der Waals surface area contributed by atoms with Crippen molar-refractivity contribution >= 4 is 5.97 Å². The van der Waals surface area contributed by atoms with Crippen LogP contribution in [0, 0.1) is 5.82 Å². The molecular formula is C14H20FNO2. The van der Waals surface area contributed by atoms with Gasteiger partial charge in [-0.05, 0) is 37.1 Å². The highest BCUT2D eigenvalue weighted by molar-refractivity contribution is 5.73. The van der Waals surface area contributed by atoms with Gasteiger partial charge in [0.05, 0.1) is 0 Å². The van der Waals surface area contributed by atoms with Gasteiger partial charge in [-0.2, -0.15) is 0 Å². The lowest BCUT2D eigenvalue weighted by molar-refractivity contribution is -0.139. The van der Waals surface area contributed by atoms with Crippen LogP contribution in [0.15, 0.2) is 24.3 Å². The average molecular weight is 253 g/mol. The van der Waals surface area contributed by atoms with Crippen LogP contribution in [0.1, 0.15) is 31.7 Å². The van der Waals surface area contributed by atoms with Crippen molar-refractivity contribution in [2.45, 2.75) is 38.6 Å². The summed E-state index contributed by atoms with van der Waals surface area (Å²) in [5.41, 5.74) is 1.00. The topological polar surface area (TPSA) is 49.3 Å².